The van der Waals surface area contributed by atoms with Crippen LogP contribution in [0.15, 0.2) is 29.3 Å². The zero-order chi connectivity index (χ0) is 15.8. The lowest BCUT2D eigenvalue weighted by molar-refractivity contribution is 0.0998. The van der Waals surface area contributed by atoms with Crippen LogP contribution in [0.1, 0.15) is 41.7 Å². The van der Waals surface area contributed by atoms with Crippen LogP contribution >= 0.6 is 22.9 Å². The monoisotopic (exact) mass is 322 g/mol. The number of halogens is 1. The Bertz CT molecular complexity index is 750. The third-order valence-electron chi connectivity index (χ3n) is 3.29. The highest BCUT2D eigenvalue weighted by molar-refractivity contribution is 7.09. The third-order valence-corrected chi connectivity index (χ3v) is 5.28. The van der Waals surface area contributed by atoms with Gasteiger partial charge in [-0.1, -0.05) is 44.5 Å². The van der Waals surface area contributed by atoms with Crippen molar-refractivity contribution in [3.05, 3.63) is 50.2 Å². The van der Waals surface area contributed by atoms with Gasteiger partial charge < -0.3 is 4.57 Å². The van der Waals surface area contributed by atoms with Crippen LogP contribution in [-0.4, -0.2) is 10.5 Å². The van der Waals surface area contributed by atoms with Crippen LogP contribution in [0, 0.1) is 6.92 Å². The number of hydrogen-bond acceptors (Lipinski definition) is 2. The Hall–Kier alpha value is -1.39. The fourth-order valence-electron chi connectivity index (χ4n) is 2.10. The minimum atomic E-state index is -0.307. The first-order valence-electron chi connectivity index (χ1n) is 6.72. The van der Waals surface area contributed by atoms with E-state index in [0.29, 0.717) is 15.4 Å². The summed E-state index contributed by atoms with van der Waals surface area (Å²) < 4.78 is 1.96. The van der Waals surface area contributed by atoms with Crippen molar-refractivity contribution >= 4 is 28.8 Å². The average molecular weight is 323 g/mol. The lowest BCUT2D eigenvalue weighted by Crippen LogP contribution is -2.15. The molecule has 3 nitrogen and oxygen atoms in total. The van der Waals surface area contributed by atoms with Crippen LogP contribution in [0.3, 0.4) is 0 Å². The Balaban J connectivity index is 2.53. The molecule has 1 aromatic heterocycles. The molecule has 112 valence electrons. The zero-order valence-electron chi connectivity index (χ0n) is 12.9. The van der Waals surface area contributed by atoms with Crippen molar-refractivity contribution in [2.24, 2.45) is 12.0 Å². The molecule has 0 unspecified atom stereocenters. The summed E-state index contributed by atoms with van der Waals surface area (Å²) in [6, 6.07) is 6.98. The van der Waals surface area contributed by atoms with E-state index in [0.717, 1.165) is 5.69 Å². The maximum Gasteiger partial charge on any atom is 0.281 e. The Morgan fingerprint density at radius 3 is 2.43 bits per heavy atom. The number of nitrogens with zero attached hydrogens (tertiary/aromatic N) is 2. The summed E-state index contributed by atoms with van der Waals surface area (Å²) in [6.45, 7) is 8.53. The van der Waals surface area contributed by atoms with Gasteiger partial charge in [-0.3, -0.25) is 4.79 Å². The van der Waals surface area contributed by atoms with E-state index in [9.17, 15) is 4.79 Å². The highest BCUT2D eigenvalue weighted by atomic mass is 35.5. The number of hydrogen-bond donors (Lipinski definition) is 0. The van der Waals surface area contributed by atoms with E-state index in [-0.39, 0.29) is 11.3 Å². The normalized spacial score (nSPS) is 12.8. The molecule has 21 heavy (non-hydrogen) atoms. The van der Waals surface area contributed by atoms with Crippen molar-refractivity contribution in [2.45, 2.75) is 33.1 Å². The standard InChI is InChI=1S/C16H19ClN2OS/c1-10-13(16(2,3)4)21-15(19(10)5)18-14(20)11-8-6-7-9-12(11)17/h6-9H,1-5H3. The number of thiazole rings is 1. The summed E-state index contributed by atoms with van der Waals surface area (Å²) >= 11 is 7.60. The topological polar surface area (TPSA) is 34.4 Å². The van der Waals surface area contributed by atoms with Gasteiger partial charge in [0, 0.05) is 17.6 Å². The van der Waals surface area contributed by atoms with Crippen LogP contribution in [-0.2, 0) is 12.5 Å². The van der Waals surface area contributed by atoms with E-state index < -0.39 is 0 Å². The SMILES string of the molecule is Cc1c(C(C)(C)C)sc(=NC(=O)c2ccccc2Cl)n1C. The minimum Gasteiger partial charge on any atom is -0.324 e. The quantitative estimate of drug-likeness (QED) is 0.778. The van der Waals surface area contributed by atoms with E-state index in [4.69, 9.17) is 11.6 Å². The molecular weight excluding hydrogens is 304 g/mol. The Labute approximate surface area is 133 Å². The van der Waals surface area contributed by atoms with Gasteiger partial charge in [-0.25, -0.2) is 0 Å². The Kier molecular flexibility index (Phi) is 4.40. The first-order valence-corrected chi connectivity index (χ1v) is 7.91. The summed E-state index contributed by atoms with van der Waals surface area (Å²) in [4.78, 5) is 18.5. The maximum absolute atomic E-state index is 12.3. The van der Waals surface area contributed by atoms with Crippen LogP contribution in [0.2, 0.25) is 5.02 Å². The molecular formula is C16H19ClN2OS. The number of amides is 1. The predicted octanol–water partition coefficient (Wildman–Crippen LogP) is 4.09. The first kappa shape index (κ1) is 16.0. The lowest BCUT2D eigenvalue weighted by Gasteiger charge is -2.17. The molecule has 0 aliphatic carbocycles. The lowest BCUT2D eigenvalue weighted by atomic mass is 9.93. The largest absolute Gasteiger partial charge is 0.324 e. The molecule has 0 saturated carbocycles. The molecule has 0 fully saturated rings. The van der Waals surface area contributed by atoms with Gasteiger partial charge in [-0.05, 0) is 24.5 Å². The molecule has 0 spiro atoms. The van der Waals surface area contributed by atoms with Crippen LogP contribution in [0.25, 0.3) is 0 Å². The van der Waals surface area contributed by atoms with Gasteiger partial charge in [0.1, 0.15) is 0 Å². The van der Waals surface area contributed by atoms with Crippen molar-refractivity contribution < 1.29 is 4.79 Å². The molecule has 1 amide bonds. The second-order valence-electron chi connectivity index (χ2n) is 6.00. The number of benzene rings is 1. The van der Waals surface area contributed by atoms with E-state index in [1.54, 1.807) is 35.6 Å². The van der Waals surface area contributed by atoms with Gasteiger partial charge in [0.2, 0.25) is 0 Å². The number of rotatable bonds is 1. The highest BCUT2D eigenvalue weighted by Crippen LogP contribution is 2.27. The second kappa shape index (κ2) is 5.78. The van der Waals surface area contributed by atoms with Gasteiger partial charge in [-0.15, -0.1) is 11.3 Å². The van der Waals surface area contributed by atoms with E-state index >= 15 is 0 Å². The molecule has 0 bridgehead atoms. The van der Waals surface area contributed by atoms with Crippen molar-refractivity contribution in [1.29, 1.82) is 0 Å². The smallest absolute Gasteiger partial charge is 0.281 e. The molecule has 0 aliphatic heterocycles. The molecule has 0 N–H and O–H groups in total. The van der Waals surface area contributed by atoms with Gasteiger partial charge in [0.15, 0.2) is 4.80 Å². The van der Waals surface area contributed by atoms with Gasteiger partial charge >= 0.3 is 0 Å². The minimum absolute atomic E-state index is 0.0354. The fourth-order valence-corrected chi connectivity index (χ4v) is 3.50. The summed E-state index contributed by atoms with van der Waals surface area (Å²) in [5, 5.41) is 0.429. The number of carbonyl (C=O) groups is 1. The van der Waals surface area contributed by atoms with Gasteiger partial charge in [0.25, 0.3) is 5.91 Å². The van der Waals surface area contributed by atoms with Crippen molar-refractivity contribution in [3.8, 4) is 0 Å². The predicted molar refractivity (Wildman–Crippen MR) is 88.1 cm³/mol. The van der Waals surface area contributed by atoms with Crippen LogP contribution in [0.4, 0.5) is 0 Å². The fraction of sp³-hybridized carbons (Fsp3) is 0.375. The molecule has 0 aliphatic rings. The van der Waals surface area contributed by atoms with Crippen molar-refractivity contribution in [3.63, 3.8) is 0 Å². The van der Waals surface area contributed by atoms with E-state index in [1.807, 2.05) is 11.6 Å². The molecule has 0 saturated heterocycles. The van der Waals surface area contributed by atoms with E-state index in [2.05, 4.69) is 32.7 Å². The highest BCUT2D eigenvalue weighted by Gasteiger charge is 2.21. The van der Waals surface area contributed by atoms with Crippen molar-refractivity contribution in [2.75, 3.05) is 0 Å². The molecule has 1 aromatic carbocycles. The Morgan fingerprint density at radius 1 is 1.29 bits per heavy atom. The maximum atomic E-state index is 12.3. The van der Waals surface area contributed by atoms with Crippen LogP contribution in [0.5, 0.6) is 0 Å². The zero-order valence-corrected chi connectivity index (χ0v) is 14.5. The number of aromatic nitrogens is 1. The van der Waals surface area contributed by atoms with Gasteiger partial charge in [0.05, 0.1) is 10.6 Å². The number of carbonyl (C=O) groups excluding carboxylic acids is 1. The summed E-state index contributed by atoms with van der Waals surface area (Å²) in [5.74, 6) is -0.307. The second-order valence-corrected chi connectivity index (χ2v) is 7.39. The Morgan fingerprint density at radius 2 is 1.90 bits per heavy atom. The third kappa shape index (κ3) is 3.27. The van der Waals surface area contributed by atoms with E-state index in [1.165, 1.54) is 4.88 Å². The van der Waals surface area contributed by atoms with Crippen LogP contribution < -0.4 is 4.80 Å². The molecule has 2 aromatic rings. The molecule has 0 radical (unpaired) electrons. The molecule has 0 atom stereocenters. The molecule has 1 heterocycles. The summed E-state index contributed by atoms with van der Waals surface area (Å²) in [5.41, 5.74) is 1.61. The summed E-state index contributed by atoms with van der Waals surface area (Å²) in [7, 11) is 1.93. The summed E-state index contributed by atoms with van der Waals surface area (Å²) in [6.07, 6.45) is 0. The van der Waals surface area contributed by atoms with Gasteiger partial charge in [-0.2, -0.15) is 4.99 Å². The average Bonchev–Trinajstić information content (AvgIpc) is 2.67. The van der Waals surface area contributed by atoms with Crippen molar-refractivity contribution in [1.82, 2.24) is 4.57 Å². The first-order chi connectivity index (χ1) is 9.71. The molecule has 5 heteroatoms. The molecule has 2 rings (SSSR count).